The molecule has 1 aromatic rings. The number of guanidine groups is 1. The molecule has 0 spiro atoms. The zero-order valence-electron chi connectivity index (χ0n) is 12.8. The van der Waals surface area contributed by atoms with Crippen LogP contribution in [-0.2, 0) is 11.8 Å². The van der Waals surface area contributed by atoms with Crippen LogP contribution in [0.25, 0.3) is 5.57 Å². The Morgan fingerprint density at radius 2 is 1.78 bits per heavy atom. The third-order valence-corrected chi connectivity index (χ3v) is 6.44. The predicted molar refractivity (Wildman–Crippen MR) is 92.9 cm³/mol. The number of rotatable bonds is 0. The standard InChI is InChI=1S/C14H15Br2N5O2/c1-19-10-7(8(15)11(19)16)6(4-5-18-12(10)22)9-13(23)21(3)14(17)20(9)2/h17H,4-5H2,1-3H3,(H,18,22)/b9-6+,17-14?. The molecule has 1 saturated heterocycles. The molecule has 23 heavy (non-hydrogen) atoms. The molecule has 7 nitrogen and oxygen atoms in total. The van der Waals surface area contributed by atoms with Gasteiger partial charge in [-0.15, -0.1) is 0 Å². The van der Waals surface area contributed by atoms with Gasteiger partial charge in [0.15, 0.2) is 0 Å². The normalized spacial score (nSPS) is 21.7. The molecule has 1 fully saturated rings. The Morgan fingerprint density at radius 3 is 2.35 bits per heavy atom. The maximum Gasteiger partial charge on any atom is 0.277 e. The Bertz CT molecular complexity index is 796. The summed E-state index contributed by atoms with van der Waals surface area (Å²) >= 11 is 6.99. The smallest absolute Gasteiger partial charge is 0.277 e. The van der Waals surface area contributed by atoms with Crippen LogP contribution in [0, 0.1) is 5.41 Å². The van der Waals surface area contributed by atoms with Crippen LogP contribution in [0.4, 0.5) is 0 Å². The number of halogens is 2. The fraction of sp³-hybridized carbons (Fsp3) is 0.357. The summed E-state index contributed by atoms with van der Waals surface area (Å²) in [5.74, 6) is -0.297. The first kappa shape index (κ1) is 16.3. The van der Waals surface area contributed by atoms with Crippen LogP contribution in [0.5, 0.6) is 0 Å². The van der Waals surface area contributed by atoms with E-state index in [4.69, 9.17) is 5.41 Å². The molecule has 0 atom stereocenters. The van der Waals surface area contributed by atoms with Gasteiger partial charge in [0.1, 0.15) is 16.0 Å². The lowest BCUT2D eigenvalue weighted by molar-refractivity contribution is -0.121. The first-order chi connectivity index (χ1) is 10.8. The molecule has 0 radical (unpaired) electrons. The highest BCUT2D eigenvalue weighted by Crippen LogP contribution is 2.41. The van der Waals surface area contributed by atoms with Gasteiger partial charge in [-0.05, 0) is 43.9 Å². The highest BCUT2D eigenvalue weighted by Gasteiger charge is 2.39. The molecule has 3 rings (SSSR count). The van der Waals surface area contributed by atoms with Crippen molar-refractivity contribution < 1.29 is 9.59 Å². The van der Waals surface area contributed by atoms with Crippen molar-refractivity contribution in [2.45, 2.75) is 6.42 Å². The summed E-state index contributed by atoms with van der Waals surface area (Å²) in [6.45, 7) is 0.439. The van der Waals surface area contributed by atoms with Gasteiger partial charge in [0.25, 0.3) is 11.8 Å². The number of hydrogen-bond acceptors (Lipinski definition) is 3. The molecule has 0 aromatic carbocycles. The van der Waals surface area contributed by atoms with E-state index in [2.05, 4.69) is 37.2 Å². The lowest BCUT2D eigenvalue weighted by Gasteiger charge is -2.15. The minimum Gasteiger partial charge on any atom is -0.350 e. The summed E-state index contributed by atoms with van der Waals surface area (Å²) in [4.78, 5) is 27.8. The summed E-state index contributed by atoms with van der Waals surface area (Å²) in [5.41, 5.74) is 2.39. The maximum atomic E-state index is 12.6. The van der Waals surface area contributed by atoms with Gasteiger partial charge < -0.3 is 14.8 Å². The summed E-state index contributed by atoms with van der Waals surface area (Å²) in [5, 5.41) is 10.9. The molecule has 0 saturated carbocycles. The molecule has 2 amide bonds. The molecular formula is C14H15Br2N5O2. The molecule has 2 N–H and O–H groups in total. The minimum atomic E-state index is -0.236. The van der Waals surface area contributed by atoms with Crippen molar-refractivity contribution in [2.24, 2.45) is 7.05 Å². The van der Waals surface area contributed by atoms with Gasteiger partial charge in [0.2, 0.25) is 5.96 Å². The zero-order valence-corrected chi connectivity index (χ0v) is 16.0. The summed E-state index contributed by atoms with van der Waals surface area (Å²) in [6, 6.07) is 0. The third kappa shape index (κ3) is 2.17. The van der Waals surface area contributed by atoms with Crippen LogP contribution in [0.15, 0.2) is 14.8 Å². The van der Waals surface area contributed by atoms with Crippen molar-refractivity contribution in [2.75, 3.05) is 20.6 Å². The van der Waals surface area contributed by atoms with E-state index in [1.807, 2.05) is 0 Å². The second kappa shape index (κ2) is 5.48. The number of nitrogens with zero attached hydrogens (tertiary/aromatic N) is 3. The predicted octanol–water partition coefficient (Wildman–Crippen LogP) is 1.73. The van der Waals surface area contributed by atoms with E-state index in [0.29, 0.717) is 29.9 Å². The topological polar surface area (TPSA) is 81.4 Å². The maximum absolute atomic E-state index is 12.6. The van der Waals surface area contributed by atoms with Crippen LogP contribution in [0.3, 0.4) is 0 Å². The number of amides is 2. The van der Waals surface area contributed by atoms with Gasteiger partial charge in [0.05, 0.1) is 4.47 Å². The lowest BCUT2D eigenvalue weighted by Crippen LogP contribution is -2.28. The lowest BCUT2D eigenvalue weighted by atomic mass is 10.0. The monoisotopic (exact) mass is 443 g/mol. The van der Waals surface area contributed by atoms with Gasteiger partial charge in [-0.25, -0.2) is 0 Å². The molecule has 3 heterocycles. The number of likely N-dealkylation sites (N-methyl/N-ethyl adjacent to an activating group) is 2. The van der Waals surface area contributed by atoms with Gasteiger partial charge >= 0.3 is 0 Å². The quantitative estimate of drug-likeness (QED) is 0.598. The van der Waals surface area contributed by atoms with Crippen LogP contribution in [-0.4, -0.2) is 52.8 Å². The Labute approximate surface area is 150 Å². The molecule has 0 unspecified atom stereocenters. The second-order valence-corrected chi connectivity index (χ2v) is 7.01. The number of aromatic nitrogens is 1. The van der Waals surface area contributed by atoms with E-state index in [1.54, 1.807) is 30.6 Å². The molecule has 2 aliphatic heterocycles. The van der Waals surface area contributed by atoms with E-state index in [9.17, 15) is 9.59 Å². The minimum absolute atomic E-state index is 0.119. The van der Waals surface area contributed by atoms with Gasteiger partial charge in [0, 0.05) is 33.3 Å². The first-order valence-corrected chi connectivity index (χ1v) is 8.51. The van der Waals surface area contributed by atoms with E-state index in [1.165, 1.54) is 4.90 Å². The van der Waals surface area contributed by atoms with Gasteiger partial charge in [-0.2, -0.15) is 0 Å². The van der Waals surface area contributed by atoms with E-state index in [0.717, 1.165) is 14.6 Å². The second-order valence-electron chi connectivity index (χ2n) is 5.47. The van der Waals surface area contributed by atoms with Crippen molar-refractivity contribution in [1.29, 1.82) is 5.41 Å². The SMILES string of the molecule is CN1C(=N)N(C)/C(=C2\CCNC(=O)c3c2c(Br)c(Br)n3C)C1=O. The number of carbonyl (C=O) groups excluding carboxylic acids is 2. The molecule has 9 heteroatoms. The van der Waals surface area contributed by atoms with Crippen LogP contribution in [0.1, 0.15) is 22.5 Å². The highest BCUT2D eigenvalue weighted by molar-refractivity contribution is 9.13. The fourth-order valence-corrected chi connectivity index (χ4v) is 4.04. The number of nitrogens with one attached hydrogen (secondary N) is 2. The molecule has 0 bridgehead atoms. The third-order valence-electron chi connectivity index (χ3n) is 4.21. The van der Waals surface area contributed by atoms with Crippen molar-refractivity contribution in [3.05, 3.63) is 26.0 Å². The van der Waals surface area contributed by atoms with Crippen molar-refractivity contribution in [3.8, 4) is 0 Å². The summed E-state index contributed by atoms with van der Waals surface area (Å²) < 4.78 is 3.21. The van der Waals surface area contributed by atoms with Crippen molar-refractivity contribution in [3.63, 3.8) is 0 Å². The van der Waals surface area contributed by atoms with Crippen LogP contribution >= 0.6 is 31.9 Å². The molecule has 1 aromatic heterocycles. The summed E-state index contributed by atoms with van der Waals surface area (Å²) in [7, 11) is 5.05. The molecule has 122 valence electrons. The molecular weight excluding hydrogens is 430 g/mol. The number of fused-ring (bicyclic) bond motifs is 1. The largest absolute Gasteiger partial charge is 0.350 e. The number of carbonyl (C=O) groups is 2. The van der Waals surface area contributed by atoms with E-state index in [-0.39, 0.29) is 17.8 Å². The van der Waals surface area contributed by atoms with E-state index < -0.39 is 0 Å². The Hall–Kier alpha value is -1.61. The van der Waals surface area contributed by atoms with Crippen LogP contribution < -0.4 is 5.32 Å². The first-order valence-electron chi connectivity index (χ1n) is 6.93. The average molecular weight is 445 g/mol. The van der Waals surface area contributed by atoms with Gasteiger partial charge in [-0.1, -0.05) is 0 Å². The fourth-order valence-electron chi connectivity index (χ4n) is 2.97. The molecule has 0 aliphatic carbocycles. The van der Waals surface area contributed by atoms with Crippen LogP contribution in [0.2, 0.25) is 0 Å². The summed E-state index contributed by atoms with van der Waals surface area (Å²) in [6.07, 6.45) is 0.514. The number of hydrogen-bond donors (Lipinski definition) is 2. The zero-order chi connectivity index (χ0) is 17.0. The van der Waals surface area contributed by atoms with Gasteiger partial charge in [-0.3, -0.25) is 19.9 Å². The average Bonchev–Trinajstić information content (AvgIpc) is 2.78. The highest BCUT2D eigenvalue weighted by atomic mass is 79.9. The van der Waals surface area contributed by atoms with Crippen molar-refractivity contribution >= 4 is 55.2 Å². The Morgan fingerprint density at radius 1 is 1.13 bits per heavy atom. The molecule has 2 aliphatic rings. The Kier molecular flexibility index (Phi) is 3.88. The Balaban J connectivity index is 2.35. The van der Waals surface area contributed by atoms with Crippen molar-refractivity contribution in [1.82, 2.24) is 19.7 Å². The van der Waals surface area contributed by atoms with E-state index >= 15 is 0 Å².